The largest absolute Gasteiger partial charge is 0.315 e. The van der Waals surface area contributed by atoms with Gasteiger partial charge in [0.2, 0.25) is 0 Å². The lowest BCUT2D eigenvalue weighted by atomic mass is 10.1. The van der Waals surface area contributed by atoms with Crippen LogP contribution in [0.1, 0.15) is 12.0 Å². The molecule has 2 rings (SSSR count). The predicted molar refractivity (Wildman–Crippen MR) is 67.5 cm³/mol. The normalized spacial score (nSPS) is 18.8. The Morgan fingerprint density at radius 1 is 1.47 bits per heavy atom. The smallest absolute Gasteiger partial charge is 0.0260 e. The molecule has 80 valence electrons. The Kier molecular flexibility index (Phi) is 3.87. The first kappa shape index (κ1) is 10.8. The third-order valence-electron chi connectivity index (χ3n) is 2.61. The van der Waals surface area contributed by atoms with E-state index in [1.54, 1.807) is 0 Å². The quantitative estimate of drug-likeness (QED) is 0.603. The van der Waals surface area contributed by atoms with Crippen molar-refractivity contribution in [2.24, 2.45) is 0 Å². The number of nitrogens with one attached hydrogen (secondary N) is 1. The van der Waals surface area contributed by atoms with Crippen molar-refractivity contribution in [3.8, 4) is 0 Å². The molecule has 1 unspecified atom stereocenters. The molecule has 1 aliphatic heterocycles. The zero-order valence-corrected chi connectivity index (χ0v) is 9.72. The second-order valence-corrected chi connectivity index (χ2v) is 5.18. The molecule has 1 atom stereocenters. The Bertz CT molecular complexity index is 310. The van der Waals surface area contributed by atoms with Crippen LogP contribution in [0.15, 0.2) is 41.8 Å². The Balaban J connectivity index is 1.78. The number of fused-ring (bicyclic) bond motifs is 1. The van der Waals surface area contributed by atoms with E-state index in [0.717, 1.165) is 19.5 Å². The Labute approximate surface area is 96.0 Å². The lowest BCUT2D eigenvalue weighted by molar-refractivity contribution is 0.668. The monoisotopic (exact) mass is 219 g/mol. The van der Waals surface area contributed by atoms with Gasteiger partial charge in [-0.2, -0.15) is 0 Å². The van der Waals surface area contributed by atoms with Crippen LogP contribution < -0.4 is 5.32 Å². The summed E-state index contributed by atoms with van der Waals surface area (Å²) in [7, 11) is 0. The van der Waals surface area contributed by atoms with Crippen molar-refractivity contribution in [2.45, 2.75) is 23.0 Å². The van der Waals surface area contributed by atoms with Gasteiger partial charge in [0.25, 0.3) is 0 Å². The van der Waals surface area contributed by atoms with Gasteiger partial charge in [0.1, 0.15) is 0 Å². The van der Waals surface area contributed by atoms with Crippen LogP contribution in [0.25, 0.3) is 0 Å². The number of rotatable bonds is 5. The molecule has 1 N–H and O–H groups in total. The van der Waals surface area contributed by atoms with Gasteiger partial charge in [0.15, 0.2) is 0 Å². The summed E-state index contributed by atoms with van der Waals surface area (Å²) in [6.45, 7) is 5.87. The number of benzene rings is 1. The first-order valence-corrected chi connectivity index (χ1v) is 6.34. The van der Waals surface area contributed by atoms with Crippen LogP contribution in [0.2, 0.25) is 0 Å². The summed E-state index contributed by atoms with van der Waals surface area (Å²) < 4.78 is 0. The average Bonchev–Trinajstić information content (AvgIpc) is 2.67. The molecular formula is C13H17NS. The Morgan fingerprint density at radius 2 is 2.33 bits per heavy atom. The van der Waals surface area contributed by atoms with Gasteiger partial charge >= 0.3 is 0 Å². The maximum absolute atomic E-state index is 3.72. The minimum Gasteiger partial charge on any atom is -0.315 e. The van der Waals surface area contributed by atoms with E-state index in [2.05, 4.69) is 36.2 Å². The van der Waals surface area contributed by atoms with Gasteiger partial charge in [0.05, 0.1) is 0 Å². The molecule has 1 nitrogen and oxygen atoms in total. The summed E-state index contributed by atoms with van der Waals surface area (Å²) in [4.78, 5) is 1.47. The lowest BCUT2D eigenvalue weighted by Gasteiger charge is -2.08. The van der Waals surface area contributed by atoms with E-state index in [9.17, 15) is 0 Å². The van der Waals surface area contributed by atoms with Crippen LogP contribution in [-0.2, 0) is 6.42 Å². The molecule has 2 heteroatoms. The third kappa shape index (κ3) is 2.86. The fourth-order valence-corrected chi connectivity index (χ4v) is 3.12. The van der Waals surface area contributed by atoms with Gasteiger partial charge in [0, 0.05) is 16.7 Å². The Morgan fingerprint density at radius 3 is 3.13 bits per heavy atom. The van der Waals surface area contributed by atoms with Crippen molar-refractivity contribution in [2.75, 3.05) is 13.1 Å². The molecule has 0 aromatic heterocycles. The standard InChI is InChI=1S/C13H17NS/c1-2-3-8-14-10-12-9-11-6-4-5-7-13(11)15-12/h2,4-7,12,14H,1,3,8-10H2. The van der Waals surface area contributed by atoms with E-state index < -0.39 is 0 Å². The van der Waals surface area contributed by atoms with Crippen molar-refractivity contribution < 1.29 is 0 Å². The van der Waals surface area contributed by atoms with Crippen LogP contribution in [0.3, 0.4) is 0 Å². The molecule has 1 aromatic rings. The van der Waals surface area contributed by atoms with E-state index in [1.165, 1.54) is 16.9 Å². The van der Waals surface area contributed by atoms with Crippen molar-refractivity contribution in [3.63, 3.8) is 0 Å². The summed E-state index contributed by atoms with van der Waals surface area (Å²) in [5.74, 6) is 0. The van der Waals surface area contributed by atoms with E-state index in [-0.39, 0.29) is 0 Å². The number of thioether (sulfide) groups is 1. The van der Waals surface area contributed by atoms with Gasteiger partial charge in [-0.25, -0.2) is 0 Å². The second-order valence-electron chi connectivity index (χ2n) is 3.83. The van der Waals surface area contributed by atoms with Crippen molar-refractivity contribution in [1.29, 1.82) is 0 Å². The van der Waals surface area contributed by atoms with Crippen molar-refractivity contribution in [1.82, 2.24) is 5.32 Å². The Hall–Kier alpha value is -0.730. The van der Waals surface area contributed by atoms with Gasteiger partial charge in [-0.05, 0) is 31.0 Å². The minimum absolute atomic E-state index is 0.715. The van der Waals surface area contributed by atoms with Gasteiger partial charge in [-0.3, -0.25) is 0 Å². The van der Waals surface area contributed by atoms with Crippen LogP contribution in [0.4, 0.5) is 0 Å². The van der Waals surface area contributed by atoms with E-state index >= 15 is 0 Å². The summed E-state index contributed by atoms with van der Waals surface area (Å²) >= 11 is 2.01. The van der Waals surface area contributed by atoms with E-state index in [1.807, 2.05) is 17.8 Å². The summed E-state index contributed by atoms with van der Waals surface area (Å²) in [5, 5.41) is 4.19. The number of hydrogen-bond donors (Lipinski definition) is 1. The summed E-state index contributed by atoms with van der Waals surface area (Å²) in [6, 6.07) is 8.72. The van der Waals surface area contributed by atoms with Gasteiger partial charge in [-0.1, -0.05) is 24.3 Å². The SMILES string of the molecule is C=CCCNCC1Cc2ccccc2S1. The highest BCUT2D eigenvalue weighted by Gasteiger charge is 2.20. The maximum Gasteiger partial charge on any atom is 0.0260 e. The van der Waals surface area contributed by atoms with Crippen LogP contribution >= 0.6 is 11.8 Å². The van der Waals surface area contributed by atoms with Crippen LogP contribution in [0, 0.1) is 0 Å². The number of hydrogen-bond acceptors (Lipinski definition) is 2. The summed E-state index contributed by atoms with van der Waals surface area (Å²) in [5.41, 5.74) is 1.51. The van der Waals surface area contributed by atoms with Crippen LogP contribution in [0.5, 0.6) is 0 Å². The molecule has 1 aromatic carbocycles. The molecule has 0 radical (unpaired) electrons. The molecular weight excluding hydrogens is 202 g/mol. The van der Waals surface area contributed by atoms with E-state index in [4.69, 9.17) is 0 Å². The van der Waals surface area contributed by atoms with Crippen molar-refractivity contribution in [3.05, 3.63) is 42.5 Å². The highest BCUT2D eigenvalue weighted by molar-refractivity contribution is 8.00. The molecule has 1 aliphatic rings. The first-order chi connectivity index (χ1) is 7.40. The van der Waals surface area contributed by atoms with Crippen molar-refractivity contribution >= 4 is 11.8 Å². The maximum atomic E-state index is 3.72. The topological polar surface area (TPSA) is 12.0 Å². The molecule has 1 heterocycles. The average molecular weight is 219 g/mol. The fraction of sp³-hybridized carbons (Fsp3) is 0.385. The molecule has 0 spiro atoms. The zero-order valence-electron chi connectivity index (χ0n) is 8.91. The molecule has 0 amide bonds. The van der Waals surface area contributed by atoms with E-state index in [0.29, 0.717) is 5.25 Å². The molecule has 0 fully saturated rings. The highest BCUT2D eigenvalue weighted by atomic mass is 32.2. The van der Waals surface area contributed by atoms with Gasteiger partial charge in [-0.15, -0.1) is 18.3 Å². The molecule has 0 bridgehead atoms. The predicted octanol–water partition coefficient (Wildman–Crippen LogP) is 2.87. The highest BCUT2D eigenvalue weighted by Crippen LogP contribution is 2.36. The molecule has 0 saturated carbocycles. The lowest BCUT2D eigenvalue weighted by Crippen LogP contribution is -2.25. The molecule has 0 aliphatic carbocycles. The second kappa shape index (κ2) is 5.38. The third-order valence-corrected chi connectivity index (χ3v) is 3.93. The fourth-order valence-electron chi connectivity index (χ4n) is 1.83. The molecule has 15 heavy (non-hydrogen) atoms. The summed E-state index contributed by atoms with van der Waals surface area (Å²) in [6.07, 6.45) is 4.23. The first-order valence-electron chi connectivity index (χ1n) is 5.46. The molecule has 0 saturated heterocycles. The minimum atomic E-state index is 0.715. The van der Waals surface area contributed by atoms with Crippen LogP contribution in [-0.4, -0.2) is 18.3 Å². The zero-order chi connectivity index (χ0) is 10.5. The van der Waals surface area contributed by atoms with Gasteiger partial charge < -0.3 is 5.32 Å².